The summed E-state index contributed by atoms with van der Waals surface area (Å²) < 4.78 is 39.0. The predicted molar refractivity (Wildman–Crippen MR) is 101 cm³/mol. The van der Waals surface area contributed by atoms with Gasteiger partial charge in [0.05, 0.1) is 23.6 Å². The quantitative estimate of drug-likeness (QED) is 0.200. The van der Waals surface area contributed by atoms with Gasteiger partial charge in [0, 0.05) is 7.26 Å². The molecule has 0 heterocycles. The van der Waals surface area contributed by atoms with Gasteiger partial charge in [0.1, 0.15) is 0 Å². The number of rotatable bonds is 11. The second-order valence-corrected chi connectivity index (χ2v) is 11.9. The van der Waals surface area contributed by atoms with E-state index in [4.69, 9.17) is 0 Å². The Labute approximate surface area is 142 Å². The molecule has 6 heteroatoms. The molecule has 0 N–H and O–H groups in total. The van der Waals surface area contributed by atoms with E-state index in [1.54, 1.807) is 18.5 Å². The lowest BCUT2D eigenvalue weighted by atomic mass is 10.1. The smallest absolute Gasteiger partial charge is 0.418 e. The molecule has 0 spiro atoms. The highest BCUT2D eigenvalue weighted by Gasteiger charge is 2.48. The first-order valence-corrected chi connectivity index (χ1v) is 11.6. The molecule has 0 amide bonds. The molecule has 0 atom stereocenters. The molecule has 0 rings (SSSR count). The van der Waals surface area contributed by atoms with E-state index in [1.807, 2.05) is 0 Å². The van der Waals surface area contributed by atoms with Crippen molar-refractivity contribution in [2.45, 2.75) is 91.6 Å². The fourth-order valence-electron chi connectivity index (χ4n) is 2.96. The topological polar surface area (TPSA) is 0 Å². The molecule has 0 aliphatic heterocycles. The summed E-state index contributed by atoms with van der Waals surface area (Å²) in [6.45, 7) is 14.6. The predicted octanol–water partition coefficient (Wildman–Crippen LogP) is 7.89. The van der Waals surface area contributed by atoms with E-state index in [2.05, 4.69) is 41.5 Å². The van der Waals surface area contributed by atoms with Gasteiger partial charge in [-0.15, -0.1) is 0 Å². The summed E-state index contributed by atoms with van der Waals surface area (Å²) in [5.74, 6) is 0. The normalized spacial score (nSPS) is 12.8. The highest BCUT2D eigenvalue weighted by molar-refractivity contribution is 7.77. The zero-order valence-electron chi connectivity index (χ0n) is 16.1. The second kappa shape index (κ2) is 12.6. The third kappa shape index (κ3) is 12.3. The van der Waals surface area contributed by atoms with Crippen LogP contribution in [0.4, 0.5) is 17.3 Å². The minimum atomic E-state index is -6.00. The van der Waals surface area contributed by atoms with Crippen molar-refractivity contribution in [3.8, 4) is 0 Å². The van der Waals surface area contributed by atoms with E-state index in [0.29, 0.717) is 5.16 Å². The Kier molecular flexibility index (Phi) is 13.9. The van der Waals surface area contributed by atoms with Gasteiger partial charge in [0.25, 0.3) is 0 Å². The lowest BCUT2D eigenvalue weighted by Crippen LogP contribution is -2.30. The van der Waals surface area contributed by atoms with Crippen molar-refractivity contribution < 1.29 is 17.3 Å². The van der Waals surface area contributed by atoms with Crippen molar-refractivity contribution >= 4 is 14.5 Å². The molecule has 0 aliphatic carbocycles. The fourth-order valence-corrected chi connectivity index (χ4v) is 8.88. The molecule has 142 valence electrons. The maximum Gasteiger partial charge on any atom is 0.673 e. The minimum absolute atomic E-state index is 0.618. The van der Waals surface area contributed by atoms with E-state index < -0.39 is 14.5 Å². The third-order valence-electron chi connectivity index (χ3n) is 4.97. The van der Waals surface area contributed by atoms with Gasteiger partial charge in [-0.3, -0.25) is 0 Å². The van der Waals surface area contributed by atoms with Crippen LogP contribution in [0.25, 0.3) is 0 Å². The Hall–Kier alpha value is 0.215. The van der Waals surface area contributed by atoms with Gasteiger partial charge >= 0.3 is 7.25 Å². The van der Waals surface area contributed by atoms with E-state index in [-0.39, 0.29) is 0 Å². The van der Waals surface area contributed by atoms with E-state index in [0.717, 1.165) is 0 Å². The maximum atomic E-state index is 9.75. The van der Waals surface area contributed by atoms with E-state index in [1.165, 1.54) is 44.9 Å². The maximum absolute atomic E-state index is 9.75. The molecule has 0 saturated carbocycles. The van der Waals surface area contributed by atoms with Crippen molar-refractivity contribution in [2.75, 3.05) is 18.5 Å². The number of hydrogen-bond donors (Lipinski definition) is 0. The van der Waals surface area contributed by atoms with Crippen molar-refractivity contribution in [1.82, 2.24) is 0 Å². The molecular weight excluding hydrogens is 322 g/mol. The van der Waals surface area contributed by atoms with Gasteiger partial charge in [-0.1, -0.05) is 47.0 Å². The standard InChI is InChI=1S/C17H38P.BF4/c1-7-11-14-18(15-12-8-2,16-13-9-3)17(5,6)10-4;2-1(3,4)5/h7-16H2,1-6H3;/q+1;-1. The van der Waals surface area contributed by atoms with Crippen LogP contribution >= 0.6 is 7.26 Å². The highest BCUT2D eigenvalue weighted by atomic mass is 31.2. The van der Waals surface area contributed by atoms with Gasteiger partial charge in [-0.05, 0) is 39.5 Å². The largest absolute Gasteiger partial charge is 0.673 e. The summed E-state index contributed by atoms with van der Waals surface area (Å²) in [4.78, 5) is 0. The van der Waals surface area contributed by atoms with E-state index >= 15 is 0 Å². The Morgan fingerprint density at radius 3 is 1.13 bits per heavy atom. The first-order valence-electron chi connectivity index (χ1n) is 9.23. The molecule has 0 aromatic rings. The Morgan fingerprint density at radius 1 is 0.696 bits per heavy atom. The minimum Gasteiger partial charge on any atom is -0.418 e. The highest BCUT2D eigenvalue weighted by Crippen LogP contribution is 2.71. The molecule has 0 radical (unpaired) electrons. The van der Waals surface area contributed by atoms with Gasteiger partial charge in [0.15, 0.2) is 0 Å². The second-order valence-electron chi connectivity index (χ2n) is 7.04. The van der Waals surface area contributed by atoms with Crippen molar-refractivity contribution in [3.05, 3.63) is 0 Å². The van der Waals surface area contributed by atoms with Crippen molar-refractivity contribution in [1.29, 1.82) is 0 Å². The average Bonchev–Trinajstić information content (AvgIpc) is 2.45. The molecule has 0 saturated heterocycles. The Morgan fingerprint density at radius 2 is 0.957 bits per heavy atom. The molecule has 0 aliphatic rings. The van der Waals surface area contributed by atoms with Crippen molar-refractivity contribution in [3.63, 3.8) is 0 Å². The lowest BCUT2D eigenvalue weighted by Gasteiger charge is -2.41. The van der Waals surface area contributed by atoms with Crippen LogP contribution in [0.5, 0.6) is 0 Å². The molecule has 0 fully saturated rings. The summed E-state index contributed by atoms with van der Waals surface area (Å²) in [5, 5.41) is 0.618. The lowest BCUT2D eigenvalue weighted by molar-refractivity contribution is 0.368. The molecular formula is C17H38BF4P. The van der Waals surface area contributed by atoms with Crippen LogP contribution in [-0.2, 0) is 0 Å². The van der Waals surface area contributed by atoms with Crippen LogP contribution in [0.1, 0.15) is 86.5 Å². The summed E-state index contributed by atoms with van der Waals surface area (Å²) >= 11 is 0. The zero-order valence-corrected chi connectivity index (χ0v) is 17.0. The first-order chi connectivity index (χ1) is 10.5. The SMILES string of the molecule is CCCC[P+](CCCC)(CCCC)C(C)(C)CC.F[B-](F)(F)F. The molecule has 0 unspecified atom stereocenters. The summed E-state index contributed by atoms with van der Waals surface area (Å²) in [5.41, 5.74) is 0. The first kappa shape index (κ1) is 25.5. The molecule has 0 aromatic heterocycles. The third-order valence-corrected chi connectivity index (χ3v) is 11.4. The van der Waals surface area contributed by atoms with Gasteiger partial charge in [0.2, 0.25) is 0 Å². The number of halogens is 4. The van der Waals surface area contributed by atoms with Crippen LogP contribution in [0.2, 0.25) is 0 Å². The van der Waals surface area contributed by atoms with Gasteiger partial charge in [-0.2, -0.15) is 0 Å². The molecule has 0 bridgehead atoms. The Bertz CT molecular complexity index is 252. The van der Waals surface area contributed by atoms with Crippen LogP contribution in [-0.4, -0.2) is 30.9 Å². The summed E-state index contributed by atoms with van der Waals surface area (Å²) in [7, 11) is -6.75. The summed E-state index contributed by atoms with van der Waals surface area (Å²) in [6.07, 6.45) is 14.6. The summed E-state index contributed by atoms with van der Waals surface area (Å²) in [6, 6.07) is 0. The average molecular weight is 360 g/mol. The zero-order chi connectivity index (χ0) is 18.6. The molecule has 0 aromatic carbocycles. The Balaban J connectivity index is 0. The van der Waals surface area contributed by atoms with Crippen molar-refractivity contribution in [2.24, 2.45) is 0 Å². The number of unbranched alkanes of at least 4 members (excludes halogenated alkanes) is 3. The van der Waals surface area contributed by atoms with Crippen LogP contribution in [0, 0.1) is 0 Å². The van der Waals surface area contributed by atoms with E-state index in [9.17, 15) is 17.3 Å². The monoisotopic (exact) mass is 360 g/mol. The van der Waals surface area contributed by atoms with Crippen LogP contribution in [0.3, 0.4) is 0 Å². The van der Waals surface area contributed by atoms with Crippen LogP contribution < -0.4 is 0 Å². The van der Waals surface area contributed by atoms with Gasteiger partial charge in [-0.25, -0.2) is 0 Å². The molecule has 23 heavy (non-hydrogen) atoms. The van der Waals surface area contributed by atoms with Gasteiger partial charge < -0.3 is 17.3 Å². The van der Waals surface area contributed by atoms with Crippen LogP contribution in [0.15, 0.2) is 0 Å². The fraction of sp³-hybridized carbons (Fsp3) is 1.00. The number of hydrogen-bond acceptors (Lipinski definition) is 0. The molecule has 0 nitrogen and oxygen atoms in total.